The highest BCUT2D eigenvalue weighted by Gasteiger charge is 2.21. The lowest BCUT2D eigenvalue weighted by atomic mass is 10.2. The van der Waals surface area contributed by atoms with Crippen LogP contribution < -0.4 is 5.32 Å². The Balaban J connectivity index is 2.17. The van der Waals surface area contributed by atoms with Crippen molar-refractivity contribution in [2.24, 2.45) is 0 Å². The second-order valence-corrected chi connectivity index (χ2v) is 4.25. The van der Waals surface area contributed by atoms with E-state index in [1.165, 1.54) is 19.4 Å². The van der Waals surface area contributed by atoms with E-state index in [-0.39, 0.29) is 0 Å². The van der Waals surface area contributed by atoms with Gasteiger partial charge in [-0.25, -0.2) is 0 Å². The molecule has 84 valence electrons. The number of hydrogen-bond donors (Lipinski definition) is 1. The van der Waals surface area contributed by atoms with Crippen LogP contribution in [0.1, 0.15) is 26.2 Å². The van der Waals surface area contributed by atoms with Gasteiger partial charge in [-0.2, -0.15) is 0 Å². The van der Waals surface area contributed by atoms with Crippen LogP contribution in [0.5, 0.6) is 0 Å². The quantitative estimate of drug-likeness (QED) is 0.695. The van der Waals surface area contributed by atoms with Crippen molar-refractivity contribution in [2.45, 2.75) is 38.3 Å². The van der Waals surface area contributed by atoms with Gasteiger partial charge in [-0.1, -0.05) is 6.92 Å². The molecule has 0 aromatic heterocycles. The van der Waals surface area contributed by atoms with Crippen LogP contribution in [-0.2, 0) is 4.74 Å². The van der Waals surface area contributed by atoms with Crippen LogP contribution in [0.25, 0.3) is 0 Å². The molecule has 0 aromatic rings. The van der Waals surface area contributed by atoms with Gasteiger partial charge in [0, 0.05) is 25.7 Å². The third-order valence-corrected chi connectivity index (χ3v) is 3.17. The van der Waals surface area contributed by atoms with Crippen LogP contribution in [0.2, 0.25) is 0 Å². The fourth-order valence-corrected chi connectivity index (χ4v) is 2.06. The number of ether oxygens (including phenoxy) is 1. The van der Waals surface area contributed by atoms with Gasteiger partial charge < -0.3 is 15.0 Å². The zero-order chi connectivity index (χ0) is 10.4. The van der Waals surface area contributed by atoms with Gasteiger partial charge in [-0.15, -0.1) is 0 Å². The highest BCUT2D eigenvalue weighted by molar-refractivity contribution is 4.79. The molecule has 1 saturated heterocycles. The fraction of sp³-hybridized carbons (Fsp3) is 1.00. The van der Waals surface area contributed by atoms with Crippen molar-refractivity contribution in [3.8, 4) is 0 Å². The second kappa shape index (κ2) is 6.38. The van der Waals surface area contributed by atoms with Gasteiger partial charge in [-0.05, 0) is 32.9 Å². The molecule has 1 heterocycles. The molecule has 14 heavy (non-hydrogen) atoms. The van der Waals surface area contributed by atoms with Gasteiger partial charge in [0.25, 0.3) is 0 Å². The summed E-state index contributed by atoms with van der Waals surface area (Å²) in [6.07, 6.45) is 3.83. The van der Waals surface area contributed by atoms with Crippen molar-refractivity contribution >= 4 is 0 Å². The molecular weight excluding hydrogens is 176 g/mol. The van der Waals surface area contributed by atoms with Crippen LogP contribution in [0.3, 0.4) is 0 Å². The number of rotatable bonds is 6. The molecule has 3 nitrogen and oxygen atoms in total. The fourth-order valence-electron chi connectivity index (χ4n) is 2.06. The van der Waals surface area contributed by atoms with Gasteiger partial charge >= 0.3 is 0 Å². The highest BCUT2D eigenvalue weighted by atomic mass is 16.5. The zero-order valence-corrected chi connectivity index (χ0v) is 9.75. The molecular formula is C11H24N2O. The Morgan fingerprint density at radius 1 is 1.57 bits per heavy atom. The van der Waals surface area contributed by atoms with Crippen LogP contribution in [0, 0.1) is 0 Å². The van der Waals surface area contributed by atoms with Crippen molar-refractivity contribution in [2.75, 3.05) is 33.9 Å². The third kappa shape index (κ3) is 3.56. The summed E-state index contributed by atoms with van der Waals surface area (Å²) in [5, 5.41) is 3.58. The SMILES string of the molecule is CCC(COC)NCC1CCCN1C. The van der Waals surface area contributed by atoms with Crippen molar-refractivity contribution in [3.63, 3.8) is 0 Å². The topological polar surface area (TPSA) is 24.5 Å². The summed E-state index contributed by atoms with van der Waals surface area (Å²) in [5.74, 6) is 0. The first-order valence-electron chi connectivity index (χ1n) is 5.70. The van der Waals surface area contributed by atoms with Gasteiger partial charge in [0.05, 0.1) is 6.61 Å². The first kappa shape index (κ1) is 12.0. The minimum Gasteiger partial charge on any atom is -0.383 e. The predicted molar refractivity (Wildman–Crippen MR) is 59.6 cm³/mol. The number of likely N-dealkylation sites (N-methyl/N-ethyl adjacent to an activating group) is 1. The van der Waals surface area contributed by atoms with Gasteiger partial charge in [0.1, 0.15) is 0 Å². The molecule has 0 saturated carbocycles. The summed E-state index contributed by atoms with van der Waals surface area (Å²) in [4.78, 5) is 2.45. The zero-order valence-electron chi connectivity index (χ0n) is 9.75. The Bertz CT molecular complexity index is 152. The summed E-state index contributed by atoms with van der Waals surface area (Å²) < 4.78 is 5.16. The summed E-state index contributed by atoms with van der Waals surface area (Å²) >= 11 is 0. The summed E-state index contributed by atoms with van der Waals surface area (Å²) in [5.41, 5.74) is 0. The molecule has 0 aliphatic carbocycles. The van der Waals surface area contributed by atoms with E-state index in [4.69, 9.17) is 4.74 Å². The van der Waals surface area contributed by atoms with E-state index < -0.39 is 0 Å². The maximum Gasteiger partial charge on any atom is 0.0615 e. The highest BCUT2D eigenvalue weighted by Crippen LogP contribution is 2.13. The summed E-state index contributed by atoms with van der Waals surface area (Å²) in [6, 6.07) is 1.26. The molecule has 2 unspecified atom stereocenters. The van der Waals surface area contributed by atoms with Crippen LogP contribution in [0.4, 0.5) is 0 Å². The van der Waals surface area contributed by atoms with E-state index in [1.807, 2.05) is 0 Å². The minimum absolute atomic E-state index is 0.522. The van der Waals surface area contributed by atoms with E-state index in [9.17, 15) is 0 Å². The van der Waals surface area contributed by atoms with Crippen molar-refractivity contribution < 1.29 is 4.74 Å². The average molecular weight is 200 g/mol. The number of hydrogen-bond acceptors (Lipinski definition) is 3. The Morgan fingerprint density at radius 2 is 2.36 bits per heavy atom. The maximum absolute atomic E-state index is 5.16. The molecule has 1 fully saturated rings. The largest absolute Gasteiger partial charge is 0.383 e. The number of methoxy groups -OCH3 is 1. The van der Waals surface area contributed by atoms with E-state index in [1.54, 1.807) is 7.11 Å². The van der Waals surface area contributed by atoms with Crippen molar-refractivity contribution in [1.29, 1.82) is 0 Å². The monoisotopic (exact) mass is 200 g/mol. The molecule has 0 amide bonds. The number of nitrogens with zero attached hydrogens (tertiary/aromatic N) is 1. The number of nitrogens with one attached hydrogen (secondary N) is 1. The lowest BCUT2D eigenvalue weighted by molar-refractivity contribution is 0.159. The molecule has 0 spiro atoms. The normalized spacial score (nSPS) is 25.5. The van der Waals surface area contributed by atoms with E-state index in [0.717, 1.165) is 25.6 Å². The molecule has 0 radical (unpaired) electrons. The summed E-state index contributed by atoms with van der Waals surface area (Å²) in [6.45, 7) is 5.40. The maximum atomic E-state index is 5.16. The lowest BCUT2D eigenvalue weighted by Crippen LogP contribution is -2.41. The van der Waals surface area contributed by atoms with Crippen LogP contribution in [-0.4, -0.2) is 50.8 Å². The second-order valence-electron chi connectivity index (χ2n) is 4.25. The molecule has 1 N–H and O–H groups in total. The van der Waals surface area contributed by atoms with Gasteiger partial charge in [0.15, 0.2) is 0 Å². The average Bonchev–Trinajstić information content (AvgIpc) is 2.59. The first-order chi connectivity index (χ1) is 6.77. The molecule has 0 bridgehead atoms. The molecule has 0 aromatic carbocycles. The Morgan fingerprint density at radius 3 is 2.86 bits per heavy atom. The Labute approximate surface area is 87.8 Å². The molecule has 2 atom stereocenters. The molecule has 1 rings (SSSR count). The molecule has 1 aliphatic rings. The Kier molecular flexibility index (Phi) is 5.45. The minimum atomic E-state index is 0.522. The van der Waals surface area contributed by atoms with E-state index >= 15 is 0 Å². The third-order valence-electron chi connectivity index (χ3n) is 3.17. The van der Waals surface area contributed by atoms with E-state index in [2.05, 4.69) is 24.2 Å². The predicted octanol–water partition coefficient (Wildman–Crippen LogP) is 1.10. The molecule has 1 aliphatic heterocycles. The van der Waals surface area contributed by atoms with Crippen LogP contribution >= 0.6 is 0 Å². The van der Waals surface area contributed by atoms with Gasteiger partial charge in [-0.3, -0.25) is 0 Å². The van der Waals surface area contributed by atoms with Crippen molar-refractivity contribution in [3.05, 3.63) is 0 Å². The van der Waals surface area contributed by atoms with Gasteiger partial charge in [0.2, 0.25) is 0 Å². The molecule has 3 heteroatoms. The first-order valence-corrected chi connectivity index (χ1v) is 5.70. The lowest BCUT2D eigenvalue weighted by Gasteiger charge is -2.23. The van der Waals surface area contributed by atoms with Crippen LogP contribution in [0.15, 0.2) is 0 Å². The smallest absolute Gasteiger partial charge is 0.0615 e. The number of likely N-dealkylation sites (tertiary alicyclic amines) is 1. The standard InChI is InChI=1S/C11H24N2O/c1-4-10(9-14-3)12-8-11-6-5-7-13(11)2/h10-12H,4-9H2,1-3H3. The van der Waals surface area contributed by atoms with Crippen molar-refractivity contribution in [1.82, 2.24) is 10.2 Å². The Hall–Kier alpha value is -0.120. The summed E-state index contributed by atoms with van der Waals surface area (Å²) in [7, 11) is 3.99. The van der Waals surface area contributed by atoms with E-state index in [0.29, 0.717) is 6.04 Å².